The first-order valence-corrected chi connectivity index (χ1v) is 6.15. The van der Waals surface area contributed by atoms with Crippen molar-refractivity contribution >= 4 is 0 Å². The molecule has 14 heavy (non-hydrogen) atoms. The summed E-state index contributed by atoms with van der Waals surface area (Å²) in [6.45, 7) is 8.15. The van der Waals surface area contributed by atoms with Crippen LogP contribution in [0.3, 0.4) is 0 Å². The van der Waals surface area contributed by atoms with Crippen molar-refractivity contribution in [2.45, 2.75) is 57.9 Å². The van der Waals surface area contributed by atoms with Gasteiger partial charge in [0.15, 0.2) is 0 Å². The van der Waals surface area contributed by atoms with Crippen molar-refractivity contribution in [3.63, 3.8) is 0 Å². The molecule has 0 amide bonds. The van der Waals surface area contributed by atoms with Gasteiger partial charge in [-0.25, -0.2) is 0 Å². The highest BCUT2D eigenvalue weighted by atomic mass is 15.1. The standard InChI is InChI=1S/C12H26N2/c1-3-4-5-6-9-14-10-7-12(2,13)8-11-14/h3-11,13H2,1-2H3. The normalized spacial score (nSPS) is 22.5. The molecule has 0 aromatic rings. The van der Waals surface area contributed by atoms with E-state index >= 15 is 0 Å². The predicted octanol–water partition coefficient (Wildman–Crippen LogP) is 2.38. The lowest BCUT2D eigenvalue weighted by Gasteiger charge is -2.36. The molecule has 2 heteroatoms. The molecule has 1 rings (SSSR count). The molecule has 84 valence electrons. The molecule has 0 saturated carbocycles. The number of piperidine rings is 1. The van der Waals surface area contributed by atoms with Crippen LogP contribution in [0.1, 0.15) is 52.4 Å². The Balaban J connectivity index is 2.04. The van der Waals surface area contributed by atoms with E-state index in [1.807, 2.05) is 0 Å². The average molecular weight is 198 g/mol. The topological polar surface area (TPSA) is 29.3 Å². The molecule has 0 radical (unpaired) electrons. The number of nitrogens with zero attached hydrogens (tertiary/aromatic N) is 1. The first-order valence-electron chi connectivity index (χ1n) is 6.15. The number of unbranched alkanes of at least 4 members (excludes halogenated alkanes) is 3. The molecule has 0 aromatic carbocycles. The van der Waals surface area contributed by atoms with Crippen LogP contribution in [0.25, 0.3) is 0 Å². The van der Waals surface area contributed by atoms with Crippen LogP contribution in [0.5, 0.6) is 0 Å². The van der Waals surface area contributed by atoms with E-state index in [0.29, 0.717) is 0 Å². The zero-order chi connectivity index (χ0) is 10.4. The van der Waals surface area contributed by atoms with E-state index in [9.17, 15) is 0 Å². The third-order valence-corrected chi connectivity index (χ3v) is 3.33. The lowest BCUT2D eigenvalue weighted by Crippen LogP contribution is -2.48. The molecule has 0 atom stereocenters. The van der Waals surface area contributed by atoms with Crippen LogP contribution in [0.15, 0.2) is 0 Å². The molecule has 1 fully saturated rings. The van der Waals surface area contributed by atoms with Gasteiger partial charge in [0, 0.05) is 5.54 Å². The van der Waals surface area contributed by atoms with Crippen LogP contribution in [0.2, 0.25) is 0 Å². The fourth-order valence-electron chi connectivity index (χ4n) is 2.05. The monoisotopic (exact) mass is 198 g/mol. The van der Waals surface area contributed by atoms with Gasteiger partial charge < -0.3 is 10.6 Å². The smallest absolute Gasteiger partial charge is 0.0150 e. The fourth-order valence-corrected chi connectivity index (χ4v) is 2.05. The fraction of sp³-hybridized carbons (Fsp3) is 1.00. The Hall–Kier alpha value is -0.0800. The van der Waals surface area contributed by atoms with Gasteiger partial charge in [0.2, 0.25) is 0 Å². The van der Waals surface area contributed by atoms with Crippen LogP contribution >= 0.6 is 0 Å². The summed E-state index contributed by atoms with van der Waals surface area (Å²) in [5, 5.41) is 0. The number of nitrogens with two attached hydrogens (primary N) is 1. The van der Waals surface area contributed by atoms with Gasteiger partial charge in [-0.1, -0.05) is 26.2 Å². The molecule has 0 aliphatic carbocycles. The Bertz CT molecular complexity index is 144. The van der Waals surface area contributed by atoms with Crippen LogP contribution < -0.4 is 5.73 Å². The maximum Gasteiger partial charge on any atom is 0.0150 e. The Morgan fingerprint density at radius 2 is 1.79 bits per heavy atom. The lowest BCUT2D eigenvalue weighted by atomic mass is 9.91. The number of rotatable bonds is 5. The van der Waals surface area contributed by atoms with Gasteiger partial charge in [0.1, 0.15) is 0 Å². The third kappa shape index (κ3) is 4.43. The van der Waals surface area contributed by atoms with Gasteiger partial charge in [-0.05, 0) is 45.8 Å². The van der Waals surface area contributed by atoms with E-state index in [1.54, 1.807) is 0 Å². The number of likely N-dealkylation sites (tertiary alicyclic amines) is 1. The summed E-state index contributed by atoms with van der Waals surface area (Å²) < 4.78 is 0. The average Bonchev–Trinajstić information content (AvgIpc) is 2.15. The molecule has 1 saturated heterocycles. The molecule has 0 spiro atoms. The van der Waals surface area contributed by atoms with Gasteiger partial charge in [-0.3, -0.25) is 0 Å². The second-order valence-corrected chi connectivity index (χ2v) is 5.06. The Labute approximate surface area is 88.8 Å². The second kappa shape index (κ2) is 5.72. The Morgan fingerprint density at radius 1 is 1.14 bits per heavy atom. The molecule has 0 bridgehead atoms. The SMILES string of the molecule is CCCCCCN1CCC(C)(N)CC1. The Morgan fingerprint density at radius 3 is 2.36 bits per heavy atom. The van der Waals surface area contributed by atoms with E-state index in [0.717, 1.165) is 0 Å². The first-order chi connectivity index (χ1) is 6.64. The number of hydrogen-bond acceptors (Lipinski definition) is 2. The summed E-state index contributed by atoms with van der Waals surface area (Å²) in [5.74, 6) is 0. The highest BCUT2D eigenvalue weighted by molar-refractivity contribution is 4.85. The van der Waals surface area contributed by atoms with E-state index in [1.165, 1.54) is 58.2 Å². The van der Waals surface area contributed by atoms with Crippen LogP contribution in [-0.4, -0.2) is 30.1 Å². The second-order valence-electron chi connectivity index (χ2n) is 5.06. The van der Waals surface area contributed by atoms with Crippen molar-refractivity contribution in [2.75, 3.05) is 19.6 Å². The molecule has 0 aromatic heterocycles. The van der Waals surface area contributed by atoms with Crippen molar-refractivity contribution in [1.29, 1.82) is 0 Å². The maximum atomic E-state index is 6.09. The minimum absolute atomic E-state index is 0.111. The van der Waals surface area contributed by atoms with Gasteiger partial charge >= 0.3 is 0 Å². The zero-order valence-corrected chi connectivity index (χ0v) is 9.89. The summed E-state index contributed by atoms with van der Waals surface area (Å²) in [7, 11) is 0. The van der Waals surface area contributed by atoms with E-state index < -0.39 is 0 Å². The number of hydrogen-bond donors (Lipinski definition) is 1. The highest BCUT2D eigenvalue weighted by Crippen LogP contribution is 2.18. The minimum Gasteiger partial charge on any atom is -0.325 e. The molecule has 1 aliphatic heterocycles. The molecule has 2 nitrogen and oxygen atoms in total. The Kier molecular flexibility index (Phi) is 4.90. The molecular formula is C12H26N2. The molecule has 0 unspecified atom stereocenters. The van der Waals surface area contributed by atoms with Crippen molar-refractivity contribution in [3.05, 3.63) is 0 Å². The zero-order valence-electron chi connectivity index (χ0n) is 9.89. The van der Waals surface area contributed by atoms with Gasteiger partial charge in [-0.2, -0.15) is 0 Å². The quantitative estimate of drug-likeness (QED) is 0.687. The van der Waals surface area contributed by atoms with E-state index in [-0.39, 0.29) is 5.54 Å². The summed E-state index contributed by atoms with van der Waals surface area (Å²) in [6, 6.07) is 0. The van der Waals surface area contributed by atoms with Gasteiger partial charge in [0.25, 0.3) is 0 Å². The maximum absolute atomic E-state index is 6.09. The van der Waals surface area contributed by atoms with E-state index in [2.05, 4.69) is 18.7 Å². The third-order valence-electron chi connectivity index (χ3n) is 3.33. The molecule has 1 aliphatic rings. The van der Waals surface area contributed by atoms with Crippen LogP contribution in [0.4, 0.5) is 0 Å². The molecule has 1 heterocycles. The lowest BCUT2D eigenvalue weighted by molar-refractivity contribution is 0.169. The predicted molar refractivity (Wildman–Crippen MR) is 62.4 cm³/mol. The van der Waals surface area contributed by atoms with Crippen molar-refractivity contribution in [3.8, 4) is 0 Å². The summed E-state index contributed by atoms with van der Waals surface area (Å²) >= 11 is 0. The largest absolute Gasteiger partial charge is 0.325 e. The first kappa shape index (κ1) is 12.0. The summed E-state index contributed by atoms with van der Waals surface area (Å²) in [5.41, 5.74) is 6.20. The van der Waals surface area contributed by atoms with Crippen molar-refractivity contribution < 1.29 is 0 Å². The summed E-state index contributed by atoms with van der Waals surface area (Å²) in [4.78, 5) is 2.57. The minimum atomic E-state index is 0.111. The molecular weight excluding hydrogens is 172 g/mol. The van der Waals surface area contributed by atoms with Gasteiger partial charge in [0.05, 0.1) is 0 Å². The molecule has 2 N–H and O–H groups in total. The van der Waals surface area contributed by atoms with Gasteiger partial charge in [-0.15, -0.1) is 0 Å². The van der Waals surface area contributed by atoms with Crippen molar-refractivity contribution in [1.82, 2.24) is 4.90 Å². The summed E-state index contributed by atoms with van der Waals surface area (Å²) in [6.07, 6.45) is 7.83. The highest BCUT2D eigenvalue weighted by Gasteiger charge is 2.25. The van der Waals surface area contributed by atoms with Crippen LogP contribution in [-0.2, 0) is 0 Å². The van der Waals surface area contributed by atoms with Crippen molar-refractivity contribution in [2.24, 2.45) is 5.73 Å². The van der Waals surface area contributed by atoms with Crippen LogP contribution in [0, 0.1) is 0 Å². The van der Waals surface area contributed by atoms with E-state index in [4.69, 9.17) is 5.73 Å².